The Morgan fingerprint density at radius 2 is 2.25 bits per heavy atom. The van der Waals surface area contributed by atoms with Gasteiger partial charge in [-0.1, -0.05) is 0 Å². The number of aromatic nitrogens is 1. The van der Waals surface area contributed by atoms with Gasteiger partial charge in [0.2, 0.25) is 0 Å². The zero-order valence-corrected chi connectivity index (χ0v) is 11.0. The van der Waals surface area contributed by atoms with Gasteiger partial charge in [-0.3, -0.25) is 0 Å². The highest BCUT2D eigenvalue weighted by molar-refractivity contribution is 9.10. The van der Waals surface area contributed by atoms with Crippen LogP contribution in [-0.2, 0) is 6.42 Å². The number of thiazole rings is 1. The molecule has 0 bridgehead atoms. The first-order valence-electron chi connectivity index (χ1n) is 4.71. The second-order valence-electron chi connectivity index (χ2n) is 3.53. The predicted molar refractivity (Wildman–Crippen MR) is 68.2 cm³/mol. The largest absolute Gasteiger partial charge is 0.375 e. The van der Waals surface area contributed by atoms with Gasteiger partial charge in [-0.2, -0.15) is 0 Å². The van der Waals surface area contributed by atoms with E-state index in [2.05, 4.69) is 20.9 Å². The number of aryl methyl sites for hydroxylation is 1. The van der Waals surface area contributed by atoms with E-state index in [1.165, 1.54) is 11.3 Å². The van der Waals surface area contributed by atoms with Crippen LogP contribution in [0.2, 0.25) is 0 Å². The number of nitrogens with two attached hydrogens (primary N) is 1. The normalized spacial score (nSPS) is 10.7. The Morgan fingerprint density at radius 1 is 1.50 bits per heavy atom. The molecule has 0 aliphatic heterocycles. The highest BCUT2D eigenvalue weighted by Crippen LogP contribution is 2.24. The monoisotopic (exact) mass is 300 g/mol. The van der Waals surface area contributed by atoms with Gasteiger partial charge < -0.3 is 5.73 Å². The summed E-state index contributed by atoms with van der Waals surface area (Å²) in [6.07, 6.45) is 2.41. The molecular formula is C11H10BrFN2S. The first-order chi connectivity index (χ1) is 7.56. The third kappa shape index (κ3) is 2.41. The van der Waals surface area contributed by atoms with Gasteiger partial charge in [0.1, 0.15) is 5.82 Å². The summed E-state index contributed by atoms with van der Waals surface area (Å²) >= 11 is 4.60. The van der Waals surface area contributed by atoms with Crippen molar-refractivity contribution in [3.8, 4) is 0 Å². The minimum absolute atomic E-state index is 0.238. The van der Waals surface area contributed by atoms with E-state index in [0.717, 1.165) is 16.0 Å². The Labute approximate surface area is 105 Å². The van der Waals surface area contributed by atoms with E-state index in [9.17, 15) is 4.39 Å². The highest BCUT2D eigenvalue weighted by atomic mass is 79.9. The molecule has 0 unspecified atom stereocenters. The quantitative estimate of drug-likeness (QED) is 0.921. The highest BCUT2D eigenvalue weighted by Gasteiger charge is 2.07. The van der Waals surface area contributed by atoms with Gasteiger partial charge in [-0.25, -0.2) is 9.37 Å². The molecule has 2 rings (SSSR count). The first-order valence-corrected chi connectivity index (χ1v) is 6.32. The minimum atomic E-state index is -0.238. The van der Waals surface area contributed by atoms with Crippen LogP contribution in [0.5, 0.6) is 0 Å². The summed E-state index contributed by atoms with van der Waals surface area (Å²) in [4.78, 5) is 5.02. The molecule has 1 aromatic carbocycles. The molecule has 1 heterocycles. The SMILES string of the molecule is Cc1cc(Br)c(F)cc1Cc1cnc(N)s1. The molecule has 84 valence electrons. The molecule has 16 heavy (non-hydrogen) atoms. The maximum atomic E-state index is 13.4. The predicted octanol–water partition coefficient (Wildman–Crippen LogP) is 3.53. The summed E-state index contributed by atoms with van der Waals surface area (Å²) in [5.41, 5.74) is 7.57. The fraction of sp³-hybridized carbons (Fsp3) is 0.182. The summed E-state index contributed by atoms with van der Waals surface area (Å²) in [6, 6.07) is 3.34. The van der Waals surface area contributed by atoms with Gasteiger partial charge in [-0.15, -0.1) is 11.3 Å². The zero-order valence-electron chi connectivity index (χ0n) is 8.63. The van der Waals surface area contributed by atoms with E-state index in [-0.39, 0.29) is 5.82 Å². The number of nitrogens with zero attached hydrogens (tertiary/aromatic N) is 1. The summed E-state index contributed by atoms with van der Waals surface area (Å²) in [7, 11) is 0. The molecule has 0 fully saturated rings. The topological polar surface area (TPSA) is 38.9 Å². The molecule has 2 aromatic rings. The lowest BCUT2D eigenvalue weighted by Crippen LogP contribution is -1.92. The Kier molecular flexibility index (Phi) is 3.25. The molecule has 0 saturated carbocycles. The number of hydrogen-bond acceptors (Lipinski definition) is 3. The van der Waals surface area contributed by atoms with Crippen molar-refractivity contribution in [3.63, 3.8) is 0 Å². The van der Waals surface area contributed by atoms with Crippen LogP contribution in [-0.4, -0.2) is 4.98 Å². The van der Waals surface area contributed by atoms with Crippen LogP contribution in [0.3, 0.4) is 0 Å². The van der Waals surface area contributed by atoms with Crippen LogP contribution in [0.15, 0.2) is 22.8 Å². The number of nitrogen functional groups attached to an aromatic ring is 1. The van der Waals surface area contributed by atoms with Crippen LogP contribution in [0.25, 0.3) is 0 Å². The second-order valence-corrected chi connectivity index (χ2v) is 5.54. The van der Waals surface area contributed by atoms with Crippen LogP contribution in [0, 0.1) is 12.7 Å². The van der Waals surface area contributed by atoms with E-state index in [1.807, 2.05) is 6.92 Å². The standard InChI is InChI=1S/C11H10BrFN2S/c1-6-2-9(12)10(13)4-7(6)3-8-5-15-11(14)16-8/h2,4-5H,3H2,1H3,(H2,14,15). The molecule has 2 N–H and O–H groups in total. The molecule has 0 amide bonds. The Balaban J connectivity index is 2.31. The molecule has 5 heteroatoms. The lowest BCUT2D eigenvalue weighted by Gasteiger charge is -2.05. The fourth-order valence-corrected chi connectivity index (χ4v) is 2.63. The van der Waals surface area contributed by atoms with Crippen molar-refractivity contribution < 1.29 is 4.39 Å². The minimum Gasteiger partial charge on any atom is -0.375 e. The average Bonchev–Trinajstić information content (AvgIpc) is 2.60. The Hall–Kier alpha value is -0.940. The maximum Gasteiger partial charge on any atom is 0.180 e. The van der Waals surface area contributed by atoms with E-state index >= 15 is 0 Å². The second kappa shape index (κ2) is 4.51. The summed E-state index contributed by atoms with van der Waals surface area (Å²) in [6.45, 7) is 1.96. The molecule has 2 nitrogen and oxygen atoms in total. The van der Waals surface area contributed by atoms with Gasteiger partial charge in [0.15, 0.2) is 5.13 Å². The van der Waals surface area contributed by atoms with Crippen molar-refractivity contribution in [1.82, 2.24) is 4.98 Å². The van der Waals surface area contributed by atoms with Gasteiger partial charge >= 0.3 is 0 Å². The van der Waals surface area contributed by atoms with E-state index < -0.39 is 0 Å². The van der Waals surface area contributed by atoms with E-state index in [4.69, 9.17) is 5.73 Å². The van der Waals surface area contributed by atoms with Crippen LogP contribution >= 0.6 is 27.3 Å². The van der Waals surface area contributed by atoms with Crippen molar-refractivity contribution in [2.24, 2.45) is 0 Å². The Morgan fingerprint density at radius 3 is 2.88 bits per heavy atom. The third-order valence-corrected chi connectivity index (χ3v) is 3.75. The summed E-state index contributed by atoms with van der Waals surface area (Å²) in [5.74, 6) is -0.238. The number of halogens is 2. The lowest BCUT2D eigenvalue weighted by atomic mass is 10.1. The zero-order chi connectivity index (χ0) is 11.7. The number of hydrogen-bond donors (Lipinski definition) is 1. The van der Waals surface area contributed by atoms with E-state index in [0.29, 0.717) is 16.0 Å². The van der Waals surface area contributed by atoms with Gasteiger partial charge in [0.05, 0.1) is 4.47 Å². The molecule has 0 spiro atoms. The maximum absolute atomic E-state index is 13.4. The smallest absolute Gasteiger partial charge is 0.180 e. The molecular weight excluding hydrogens is 291 g/mol. The van der Waals surface area contributed by atoms with Crippen molar-refractivity contribution in [2.75, 3.05) is 5.73 Å². The molecule has 0 aliphatic rings. The lowest BCUT2D eigenvalue weighted by molar-refractivity contribution is 0.618. The van der Waals surface area contributed by atoms with Gasteiger partial charge in [0, 0.05) is 17.5 Å². The number of rotatable bonds is 2. The Bertz CT molecular complexity index is 525. The molecule has 1 aromatic heterocycles. The van der Waals surface area contributed by atoms with E-state index in [1.54, 1.807) is 18.3 Å². The molecule has 0 aliphatic carbocycles. The van der Waals surface area contributed by atoms with Crippen molar-refractivity contribution >= 4 is 32.4 Å². The third-order valence-electron chi connectivity index (χ3n) is 2.31. The number of benzene rings is 1. The van der Waals surface area contributed by atoms with Crippen molar-refractivity contribution in [1.29, 1.82) is 0 Å². The van der Waals surface area contributed by atoms with Gasteiger partial charge in [-0.05, 0) is 46.1 Å². The molecule has 0 atom stereocenters. The van der Waals surface area contributed by atoms with Gasteiger partial charge in [0.25, 0.3) is 0 Å². The first kappa shape index (κ1) is 11.5. The van der Waals surface area contributed by atoms with Crippen LogP contribution < -0.4 is 5.73 Å². The molecule has 0 saturated heterocycles. The summed E-state index contributed by atoms with van der Waals surface area (Å²) in [5, 5.41) is 0.547. The fourth-order valence-electron chi connectivity index (χ4n) is 1.47. The number of anilines is 1. The summed E-state index contributed by atoms with van der Waals surface area (Å²) < 4.78 is 13.9. The average molecular weight is 301 g/mol. The van der Waals surface area contributed by atoms with Crippen molar-refractivity contribution in [3.05, 3.63) is 44.6 Å². The van der Waals surface area contributed by atoms with Crippen molar-refractivity contribution in [2.45, 2.75) is 13.3 Å². The van der Waals surface area contributed by atoms with Crippen LogP contribution in [0.4, 0.5) is 9.52 Å². The molecule has 0 radical (unpaired) electrons. The van der Waals surface area contributed by atoms with Crippen LogP contribution in [0.1, 0.15) is 16.0 Å².